The van der Waals surface area contributed by atoms with Crippen LogP contribution in [0.3, 0.4) is 0 Å². The molecule has 6 nitrogen and oxygen atoms in total. The van der Waals surface area contributed by atoms with E-state index < -0.39 is 0 Å². The Morgan fingerprint density at radius 2 is 1.84 bits per heavy atom. The van der Waals surface area contributed by atoms with Gasteiger partial charge in [-0.15, -0.1) is 10.2 Å². The van der Waals surface area contributed by atoms with Gasteiger partial charge in [0.15, 0.2) is 5.16 Å². The van der Waals surface area contributed by atoms with E-state index in [4.69, 9.17) is 0 Å². The van der Waals surface area contributed by atoms with Gasteiger partial charge in [0.05, 0.1) is 18.8 Å². The van der Waals surface area contributed by atoms with E-state index in [0.29, 0.717) is 6.54 Å². The topological polar surface area (TPSA) is 63.1 Å². The van der Waals surface area contributed by atoms with Gasteiger partial charge in [-0.25, -0.2) is 0 Å². The number of hydrogen-bond donors (Lipinski definition) is 1. The Bertz CT molecular complexity index is 1050. The van der Waals surface area contributed by atoms with Gasteiger partial charge in [0.25, 0.3) is 0 Å². The molecule has 0 radical (unpaired) electrons. The molecule has 1 saturated heterocycles. The minimum absolute atomic E-state index is 0.0523. The van der Waals surface area contributed by atoms with Crippen molar-refractivity contribution in [2.45, 2.75) is 44.4 Å². The number of nitrogens with one attached hydrogen (secondary N) is 1. The molecule has 1 aliphatic rings. The first-order valence-corrected chi connectivity index (χ1v) is 12.7. The lowest BCUT2D eigenvalue weighted by molar-refractivity contribution is -0.113. The van der Waals surface area contributed by atoms with Gasteiger partial charge in [0.2, 0.25) is 5.91 Å². The Hall–Kier alpha value is -2.16. The fourth-order valence-electron chi connectivity index (χ4n) is 3.83. The van der Waals surface area contributed by atoms with E-state index in [2.05, 4.69) is 53.0 Å². The van der Waals surface area contributed by atoms with E-state index >= 15 is 0 Å². The summed E-state index contributed by atoms with van der Waals surface area (Å²) in [6.07, 6.45) is 3.79. The molecular weight excluding hydrogens is 486 g/mol. The van der Waals surface area contributed by atoms with Gasteiger partial charge in [-0.2, -0.15) is 0 Å². The SMILES string of the molecule is Cc1cc(NC(=O)CSc2nnc(CN3CCCCC3)n2Cc2ccccc2)ccc1Br. The third-order valence-corrected chi connectivity index (χ3v) is 7.42. The lowest BCUT2D eigenvalue weighted by Gasteiger charge is -2.26. The fourth-order valence-corrected chi connectivity index (χ4v) is 4.84. The van der Waals surface area contributed by atoms with Gasteiger partial charge in [0, 0.05) is 10.2 Å². The van der Waals surface area contributed by atoms with Crippen LogP contribution in [0.25, 0.3) is 0 Å². The first-order chi connectivity index (χ1) is 15.6. The van der Waals surface area contributed by atoms with Gasteiger partial charge in [-0.3, -0.25) is 9.69 Å². The largest absolute Gasteiger partial charge is 0.325 e. The van der Waals surface area contributed by atoms with Crippen LogP contribution in [0.5, 0.6) is 0 Å². The number of likely N-dealkylation sites (tertiary alicyclic amines) is 1. The highest BCUT2D eigenvalue weighted by Crippen LogP contribution is 2.23. The second kappa shape index (κ2) is 11.1. The molecule has 0 bridgehead atoms. The van der Waals surface area contributed by atoms with Gasteiger partial charge in [0.1, 0.15) is 5.82 Å². The maximum Gasteiger partial charge on any atom is 0.234 e. The van der Waals surface area contributed by atoms with Gasteiger partial charge >= 0.3 is 0 Å². The molecule has 0 spiro atoms. The van der Waals surface area contributed by atoms with Crippen LogP contribution < -0.4 is 5.32 Å². The maximum atomic E-state index is 12.6. The zero-order valence-electron chi connectivity index (χ0n) is 18.3. The monoisotopic (exact) mass is 513 g/mol. The Morgan fingerprint density at radius 1 is 1.06 bits per heavy atom. The average molecular weight is 514 g/mol. The number of aromatic nitrogens is 3. The summed E-state index contributed by atoms with van der Waals surface area (Å²) in [5, 5.41) is 12.7. The highest BCUT2D eigenvalue weighted by atomic mass is 79.9. The molecule has 1 fully saturated rings. The number of rotatable bonds is 8. The Balaban J connectivity index is 1.45. The second-order valence-electron chi connectivity index (χ2n) is 8.11. The van der Waals surface area contributed by atoms with Crippen molar-refractivity contribution in [2.24, 2.45) is 0 Å². The van der Waals surface area contributed by atoms with Crippen molar-refractivity contribution >= 4 is 39.3 Å². The Labute approximate surface area is 201 Å². The number of carbonyl (C=O) groups is 1. The number of amides is 1. The van der Waals surface area contributed by atoms with Gasteiger partial charge in [-0.1, -0.05) is 64.4 Å². The second-order valence-corrected chi connectivity index (χ2v) is 9.91. The number of piperidine rings is 1. The molecule has 0 atom stereocenters. The number of hydrogen-bond acceptors (Lipinski definition) is 5. The average Bonchev–Trinajstić information content (AvgIpc) is 3.17. The first-order valence-electron chi connectivity index (χ1n) is 11.0. The molecule has 3 aromatic rings. The number of benzene rings is 2. The van der Waals surface area contributed by atoms with Crippen LogP contribution in [0.4, 0.5) is 5.69 Å². The molecule has 4 rings (SSSR count). The maximum absolute atomic E-state index is 12.6. The zero-order valence-corrected chi connectivity index (χ0v) is 20.7. The highest BCUT2D eigenvalue weighted by molar-refractivity contribution is 9.10. The molecular formula is C24H28BrN5OS. The van der Waals surface area contributed by atoms with Crippen LogP contribution in [0.1, 0.15) is 36.2 Å². The van der Waals surface area contributed by atoms with Crippen molar-refractivity contribution in [3.8, 4) is 0 Å². The van der Waals surface area contributed by atoms with Gasteiger partial charge in [-0.05, 0) is 62.2 Å². The molecule has 0 saturated carbocycles. The summed E-state index contributed by atoms with van der Waals surface area (Å²) in [5.74, 6) is 1.19. The summed E-state index contributed by atoms with van der Waals surface area (Å²) < 4.78 is 3.19. The van der Waals surface area contributed by atoms with E-state index in [1.54, 1.807) is 0 Å². The minimum Gasteiger partial charge on any atom is -0.325 e. The summed E-state index contributed by atoms with van der Waals surface area (Å²) in [4.78, 5) is 15.0. The summed E-state index contributed by atoms with van der Waals surface area (Å²) >= 11 is 4.92. The predicted molar refractivity (Wildman–Crippen MR) is 133 cm³/mol. The number of nitrogens with zero attached hydrogens (tertiary/aromatic N) is 4. The van der Waals surface area contributed by atoms with E-state index in [-0.39, 0.29) is 11.7 Å². The molecule has 2 aromatic carbocycles. The Kier molecular flexibility index (Phi) is 8.00. The van der Waals surface area contributed by atoms with Crippen molar-refractivity contribution in [1.29, 1.82) is 0 Å². The van der Waals surface area contributed by atoms with Gasteiger partial charge < -0.3 is 9.88 Å². The predicted octanol–water partition coefficient (Wildman–Crippen LogP) is 5.11. The summed E-state index contributed by atoms with van der Waals surface area (Å²) in [5.41, 5.74) is 3.08. The van der Waals surface area contributed by atoms with Crippen molar-refractivity contribution in [3.05, 3.63) is 70.0 Å². The van der Waals surface area contributed by atoms with E-state index in [1.807, 2.05) is 43.3 Å². The van der Waals surface area contributed by atoms with E-state index in [1.165, 1.54) is 36.6 Å². The molecule has 1 aliphatic heterocycles. The van der Waals surface area contributed by atoms with Crippen LogP contribution >= 0.6 is 27.7 Å². The molecule has 0 unspecified atom stereocenters. The first kappa shape index (κ1) is 23.0. The van der Waals surface area contributed by atoms with Crippen LogP contribution in [0, 0.1) is 6.92 Å². The van der Waals surface area contributed by atoms with E-state index in [9.17, 15) is 4.79 Å². The van der Waals surface area contributed by atoms with Crippen molar-refractivity contribution in [1.82, 2.24) is 19.7 Å². The zero-order chi connectivity index (χ0) is 22.3. The number of thioether (sulfide) groups is 1. The number of carbonyl (C=O) groups excluding carboxylic acids is 1. The van der Waals surface area contributed by atoms with Crippen LogP contribution in [-0.2, 0) is 17.9 Å². The fraction of sp³-hybridized carbons (Fsp3) is 0.375. The quantitative estimate of drug-likeness (QED) is 0.423. The normalized spacial score (nSPS) is 14.4. The van der Waals surface area contributed by atoms with Crippen molar-refractivity contribution in [3.63, 3.8) is 0 Å². The molecule has 1 amide bonds. The third kappa shape index (κ3) is 6.21. The molecule has 32 heavy (non-hydrogen) atoms. The van der Waals surface area contributed by atoms with E-state index in [0.717, 1.165) is 46.3 Å². The summed E-state index contributed by atoms with van der Waals surface area (Å²) in [6, 6.07) is 16.1. The lowest BCUT2D eigenvalue weighted by atomic mass is 10.1. The molecule has 1 N–H and O–H groups in total. The molecule has 1 aromatic heterocycles. The lowest BCUT2D eigenvalue weighted by Crippen LogP contribution is -2.30. The summed E-state index contributed by atoms with van der Waals surface area (Å²) in [7, 11) is 0. The van der Waals surface area contributed by atoms with Crippen molar-refractivity contribution < 1.29 is 4.79 Å². The number of halogens is 1. The highest BCUT2D eigenvalue weighted by Gasteiger charge is 2.18. The number of anilines is 1. The van der Waals surface area contributed by atoms with Crippen LogP contribution in [0.2, 0.25) is 0 Å². The molecule has 168 valence electrons. The molecule has 0 aliphatic carbocycles. The van der Waals surface area contributed by atoms with Crippen LogP contribution in [-0.4, -0.2) is 44.4 Å². The standard InChI is InChI=1S/C24H28BrN5OS/c1-18-14-20(10-11-21(18)25)26-23(31)17-32-24-28-27-22(16-29-12-6-3-7-13-29)30(24)15-19-8-4-2-5-9-19/h2,4-5,8-11,14H,3,6-7,12-13,15-17H2,1H3,(H,26,31). The van der Waals surface area contributed by atoms with Crippen molar-refractivity contribution in [2.75, 3.05) is 24.2 Å². The van der Waals surface area contributed by atoms with Crippen LogP contribution in [0.15, 0.2) is 58.2 Å². The number of aryl methyl sites for hydroxylation is 1. The molecule has 8 heteroatoms. The smallest absolute Gasteiger partial charge is 0.234 e. The molecule has 2 heterocycles. The minimum atomic E-state index is -0.0523. The third-order valence-electron chi connectivity index (χ3n) is 5.56. The summed E-state index contributed by atoms with van der Waals surface area (Å²) in [6.45, 7) is 5.72. The Morgan fingerprint density at radius 3 is 2.59 bits per heavy atom.